The van der Waals surface area contributed by atoms with Gasteiger partial charge in [0.05, 0.1) is 25.8 Å². The Morgan fingerprint density at radius 3 is 2.63 bits per heavy atom. The number of ether oxygens (including phenoxy) is 2. The highest BCUT2D eigenvalue weighted by Gasteiger charge is 2.35. The number of unbranched alkanes of at least 4 members (excludes halogenated alkanes) is 2. The second-order valence-corrected chi connectivity index (χ2v) is 8.72. The van der Waals surface area contributed by atoms with Crippen LogP contribution in [0.25, 0.3) is 17.0 Å². The van der Waals surface area contributed by atoms with E-state index in [0.29, 0.717) is 34.8 Å². The second-order valence-electron chi connectivity index (χ2n) is 8.29. The summed E-state index contributed by atoms with van der Waals surface area (Å²) in [5.74, 6) is 1.91. The predicted molar refractivity (Wildman–Crippen MR) is 134 cm³/mol. The summed E-state index contributed by atoms with van der Waals surface area (Å²) in [6.07, 6.45) is 3.00. The number of methoxy groups -OCH3 is 2. The number of carbonyl (C=O) groups is 1. The molecule has 9 heteroatoms. The zero-order valence-corrected chi connectivity index (χ0v) is 21.1. The molecule has 2 amide bonds. The van der Waals surface area contributed by atoms with E-state index >= 15 is 0 Å². The zero-order chi connectivity index (χ0) is 24.9. The largest absolute Gasteiger partial charge is 0.493 e. The first kappa shape index (κ1) is 24.6. The predicted octanol–water partition coefficient (Wildman–Crippen LogP) is 6.09. The van der Waals surface area contributed by atoms with Crippen molar-refractivity contribution in [2.24, 2.45) is 0 Å². The average molecular weight is 497 g/mol. The molecule has 2 heterocycles. The van der Waals surface area contributed by atoms with Crippen LogP contribution in [0.1, 0.15) is 50.6 Å². The first-order valence-corrected chi connectivity index (χ1v) is 11.9. The molecule has 3 aromatic rings. The Kier molecular flexibility index (Phi) is 7.60. The number of amides is 2. The van der Waals surface area contributed by atoms with Gasteiger partial charge in [-0.2, -0.15) is 4.98 Å². The zero-order valence-electron chi connectivity index (χ0n) is 20.3. The lowest BCUT2D eigenvalue weighted by Gasteiger charge is -2.35. The number of benzene rings is 2. The van der Waals surface area contributed by atoms with Crippen LogP contribution in [0.2, 0.25) is 5.02 Å². The molecule has 0 aliphatic carbocycles. The van der Waals surface area contributed by atoms with Crippen molar-refractivity contribution >= 4 is 23.2 Å². The Balaban J connectivity index is 1.77. The lowest BCUT2D eigenvalue weighted by molar-refractivity contribution is 0.204. The van der Waals surface area contributed by atoms with E-state index in [2.05, 4.69) is 17.4 Å². The third kappa shape index (κ3) is 5.12. The molecule has 35 heavy (non-hydrogen) atoms. The molecular formula is C26H29ClN4O4. The Morgan fingerprint density at radius 2 is 1.91 bits per heavy atom. The van der Waals surface area contributed by atoms with E-state index in [1.165, 1.54) is 0 Å². The monoisotopic (exact) mass is 496 g/mol. The summed E-state index contributed by atoms with van der Waals surface area (Å²) in [4.78, 5) is 19.5. The quantitative estimate of drug-likeness (QED) is 0.360. The van der Waals surface area contributed by atoms with E-state index in [-0.39, 0.29) is 6.03 Å². The maximum atomic E-state index is 13.1. The van der Waals surface area contributed by atoms with Crippen LogP contribution >= 0.6 is 11.6 Å². The molecule has 1 atom stereocenters. The molecule has 1 N–H and O–H groups in total. The van der Waals surface area contributed by atoms with Gasteiger partial charge in [-0.15, -0.1) is 0 Å². The van der Waals surface area contributed by atoms with Crippen molar-refractivity contribution in [3.8, 4) is 22.9 Å². The van der Waals surface area contributed by atoms with Crippen LogP contribution in [0, 0.1) is 0 Å². The fourth-order valence-corrected chi connectivity index (χ4v) is 4.41. The van der Waals surface area contributed by atoms with Crippen LogP contribution in [-0.4, -0.2) is 41.8 Å². The van der Waals surface area contributed by atoms with E-state index in [0.717, 1.165) is 41.7 Å². The molecule has 0 saturated heterocycles. The number of allylic oxidation sites excluding steroid dienone is 1. The molecule has 0 fully saturated rings. The summed E-state index contributed by atoms with van der Waals surface area (Å²) in [6, 6.07) is 12.2. The van der Waals surface area contributed by atoms with Gasteiger partial charge in [-0.3, -0.25) is 4.90 Å². The van der Waals surface area contributed by atoms with Gasteiger partial charge in [0.2, 0.25) is 5.82 Å². The van der Waals surface area contributed by atoms with Crippen LogP contribution < -0.4 is 14.8 Å². The smallest absolute Gasteiger partial charge is 0.322 e. The number of halogens is 1. The van der Waals surface area contributed by atoms with Gasteiger partial charge in [0, 0.05) is 22.8 Å². The van der Waals surface area contributed by atoms with Gasteiger partial charge >= 0.3 is 6.03 Å². The summed E-state index contributed by atoms with van der Waals surface area (Å²) < 4.78 is 16.5. The molecule has 1 aliphatic rings. The maximum absolute atomic E-state index is 13.1. The number of carbonyl (C=O) groups excluding carboxylic acids is 1. The minimum absolute atomic E-state index is 0.160. The van der Waals surface area contributed by atoms with Crippen LogP contribution in [0.5, 0.6) is 11.5 Å². The van der Waals surface area contributed by atoms with Gasteiger partial charge in [-0.25, -0.2) is 4.79 Å². The number of hydrogen-bond acceptors (Lipinski definition) is 6. The Labute approximate surface area is 209 Å². The molecule has 0 bridgehead atoms. The summed E-state index contributed by atoms with van der Waals surface area (Å²) in [5.41, 5.74) is 3.06. The summed E-state index contributed by atoms with van der Waals surface area (Å²) in [6.45, 7) is 4.65. The molecule has 0 radical (unpaired) electrons. The normalized spacial score (nSPS) is 15.9. The van der Waals surface area contributed by atoms with Gasteiger partial charge in [0.25, 0.3) is 5.89 Å². The molecule has 1 aromatic heterocycles. The molecular weight excluding hydrogens is 468 g/mol. The van der Waals surface area contributed by atoms with Crippen LogP contribution in [-0.2, 0) is 0 Å². The standard InChI is InChI=1S/C26H29ClN4O4/c1-5-6-7-13-31-16(2)22(23(28-26(31)32)17-9-8-10-19(27)14-17)25-29-24(30-35-25)18-11-12-20(33-3)21(15-18)34-4/h8-12,14-15,23H,5-7,13H2,1-4H3,(H,28,32). The SMILES string of the molecule is CCCCCN1C(=O)NC(c2cccc(Cl)c2)C(c2nc(-c3ccc(OC)c(OC)c3)no2)=C1C. The van der Waals surface area contributed by atoms with Crippen LogP contribution in [0.15, 0.2) is 52.7 Å². The third-order valence-electron chi connectivity index (χ3n) is 6.06. The fourth-order valence-electron chi connectivity index (χ4n) is 4.21. The molecule has 0 saturated carbocycles. The lowest BCUT2D eigenvalue weighted by Crippen LogP contribution is -2.46. The Morgan fingerprint density at radius 1 is 1.11 bits per heavy atom. The van der Waals surface area contributed by atoms with Crippen LogP contribution in [0.3, 0.4) is 0 Å². The van der Waals surface area contributed by atoms with Gasteiger partial charge in [-0.05, 0) is 49.2 Å². The van der Waals surface area contributed by atoms with Gasteiger partial charge < -0.3 is 19.3 Å². The maximum Gasteiger partial charge on any atom is 0.322 e. The highest BCUT2D eigenvalue weighted by molar-refractivity contribution is 6.30. The highest BCUT2D eigenvalue weighted by Crippen LogP contribution is 2.38. The topological polar surface area (TPSA) is 89.7 Å². The lowest BCUT2D eigenvalue weighted by atomic mass is 9.94. The van der Waals surface area contributed by atoms with Crippen LogP contribution in [0.4, 0.5) is 4.79 Å². The van der Waals surface area contributed by atoms with Crippen molar-refractivity contribution in [3.05, 3.63) is 64.6 Å². The number of rotatable bonds is 9. The molecule has 8 nitrogen and oxygen atoms in total. The van der Waals surface area contributed by atoms with Crippen molar-refractivity contribution < 1.29 is 18.8 Å². The van der Waals surface area contributed by atoms with E-state index in [1.807, 2.05) is 31.2 Å². The Hall–Kier alpha value is -3.52. The molecule has 1 unspecified atom stereocenters. The van der Waals surface area contributed by atoms with Crippen molar-refractivity contribution in [2.75, 3.05) is 20.8 Å². The van der Waals surface area contributed by atoms with Gasteiger partial charge in [0.1, 0.15) is 0 Å². The van der Waals surface area contributed by atoms with Gasteiger partial charge in [0.15, 0.2) is 11.5 Å². The molecule has 1 aliphatic heterocycles. The van der Waals surface area contributed by atoms with E-state index < -0.39 is 6.04 Å². The van der Waals surface area contributed by atoms with Gasteiger partial charge in [-0.1, -0.05) is 48.7 Å². The number of nitrogens with zero attached hydrogens (tertiary/aromatic N) is 3. The number of nitrogens with one attached hydrogen (secondary N) is 1. The number of hydrogen-bond donors (Lipinski definition) is 1. The first-order chi connectivity index (χ1) is 17.0. The minimum Gasteiger partial charge on any atom is -0.493 e. The molecule has 4 rings (SSSR count). The third-order valence-corrected chi connectivity index (χ3v) is 6.30. The average Bonchev–Trinajstić information content (AvgIpc) is 3.35. The highest BCUT2D eigenvalue weighted by atomic mass is 35.5. The number of urea groups is 1. The first-order valence-electron chi connectivity index (χ1n) is 11.6. The Bertz CT molecular complexity index is 1240. The van der Waals surface area contributed by atoms with Crippen molar-refractivity contribution in [1.29, 1.82) is 0 Å². The minimum atomic E-state index is -0.484. The second kappa shape index (κ2) is 10.8. The van der Waals surface area contributed by atoms with E-state index in [1.54, 1.807) is 37.3 Å². The number of aromatic nitrogens is 2. The molecule has 2 aromatic carbocycles. The molecule has 0 spiro atoms. The fraction of sp³-hybridized carbons (Fsp3) is 0.346. The van der Waals surface area contributed by atoms with E-state index in [4.69, 9.17) is 30.6 Å². The van der Waals surface area contributed by atoms with Crippen molar-refractivity contribution in [1.82, 2.24) is 20.4 Å². The van der Waals surface area contributed by atoms with Crippen molar-refractivity contribution in [2.45, 2.75) is 39.2 Å². The summed E-state index contributed by atoms with van der Waals surface area (Å²) in [5, 5.41) is 7.90. The summed E-state index contributed by atoms with van der Waals surface area (Å²) in [7, 11) is 3.16. The molecule has 184 valence electrons. The van der Waals surface area contributed by atoms with E-state index in [9.17, 15) is 4.79 Å². The van der Waals surface area contributed by atoms with Crippen molar-refractivity contribution in [3.63, 3.8) is 0 Å². The summed E-state index contributed by atoms with van der Waals surface area (Å²) >= 11 is 6.27.